The first-order valence-corrected chi connectivity index (χ1v) is 7.02. The number of carbonyl (C=O) groups is 3. The second kappa shape index (κ2) is 7.84. The molecule has 0 aromatic rings. The summed E-state index contributed by atoms with van der Waals surface area (Å²) in [5.41, 5.74) is 0. The van der Waals surface area contributed by atoms with E-state index in [-0.39, 0.29) is 24.3 Å². The molecule has 2 N–H and O–H groups in total. The van der Waals surface area contributed by atoms with Gasteiger partial charge >= 0.3 is 6.03 Å². The molecule has 1 heterocycles. The van der Waals surface area contributed by atoms with Gasteiger partial charge < -0.3 is 10.2 Å². The van der Waals surface area contributed by atoms with Crippen molar-refractivity contribution in [3.63, 3.8) is 0 Å². The summed E-state index contributed by atoms with van der Waals surface area (Å²) in [6.45, 7) is 8.79. The third kappa shape index (κ3) is 5.16. The molecule has 1 fully saturated rings. The normalized spacial score (nSPS) is 16.1. The number of piperazine rings is 1. The van der Waals surface area contributed by atoms with Gasteiger partial charge in [-0.05, 0) is 6.92 Å². The molecule has 0 unspecified atom stereocenters. The lowest BCUT2D eigenvalue weighted by atomic mass is 10.1. The van der Waals surface area contributed by atoms with E-state index in [1.54, 1.807) is 6.92 Å². The minimum Gasteiger partial charge on any atom is -0.340 e. The summed E-state index contributed by atoms with van der Waals surface area (Å²) in [4.78, 5) is 38.4. The van der Waals surface area contributed by atoms with Gasteiger partial charge in [-0.2, -0.15) is 0 Å². The molecule has 1 rings (SSSR count). The Morgan fingerprint density at radius 2 is 1.70 bits per heavy atom. The number of carbonyl (C=O) groups excluding carboxylic acids is 3. The molecule has 0 aliphatic carbocycles. The Kier molecular flexibility index (Phi) is 6.44. The van der Waals surface area contributed by atoms with Gasteiger partial charge in [0.2, 0.25) is 11.8 Å². The molecule has 7 nitrogen and oxygen atoms in total. The largest absolute Gasteiger partial charge is 0.340 e. The van der Waals surface area contributed by atoms with E-state index in [4.69, 9.17) is 0 Å². The van der Waals surface area contributed by atoms with Gasteiger partial charge in [-0.15, -0.1) is 0 Å². The van der Waals surface area contributed by atoms with Crippen LogP contribution in [0.5, 0.6) is 0 Å². The predicted octanol–water partition coefficient (Wildman–Crippen LogP) is -0.368. The van der Waals surface area contributed by atoms with Crippen molar-refractivity contribution in [3.05, 3.63) is 0 Å². The van der Waals surface area contributed by atoms with E-state index in [0.717, 1.165) is 0 Å². The van der Waals surface area contributed by atoms with Crippen molar-refractivity contribution in [1.29, 1.82) is 0 Å². The number of urea groups is 1. The highest BCUT2D eigenvalue weighted by molar-refractivity contribution is 5.95. The van der Waals surface area contributed by atoms with Crippen LogP contribution in [0.15, 0.2) is 0 Å². The third-order valence-electron chi connectivity index (χ3n) is 3.14. The molecule has 0 aromatic carbocycles. The van der Waals surface area contributed by atoms with Gasteiger partial charge in [0.25, 0.3) is 0 Å². The standard InChI is InChI=1S/C13H24N4O3/c1-4-14-13(20)15-11(18)9-16-5-7-17(8-6-16)12(19)10(2)3/h10H,4-9H2,1-3H3,(H2,14,15,18,20). The Balaban J connectivity index is 2.30. The molecule has 0 atom stereocenters. The Hall–Kier alpha value is -1.63. The lowest BCUT2D eigenvalue weighted by Crippen LogP contribution is -2.52. The molecular formula is C13H24N4O3. The van der Waals surface area contributed by atoms with Crippen LogP contribution < -0.4 is 10.6 Å². The molecule has 0 spiro atoms. The van der Waals surface area contributed by atoms with E-state index in [9.17, 15) is 14.4 Å². The maximum Gasteiger partial charge on any atom is 0.321 e. The van der Waals surface area contributed by atoms with E-state index in [0.29, 0.717) is 32.7 Å². The Morgan fingerprint density at radius 3 is 2.20 bits per heavy atom. The molecule has 0 bridgehead atoms. The van der Waals surface area contributed by atoms with Crippen molar-refractivity contribution in [2.45, 2.75) is 20.8 Å². The molecule has 1 aliphatic heterocycles. The molecular weight excluding hydrogens is 260 g/mol. The van der Waals surface area contributed by atoms with Crippen LogP contribution in [0.25, 0.3) is 0 Å². The van der Waals surface area contributed by atoms with Crippen LogP contribution in [0.2, 0.25) is 0 Å². The fraction of sp³-hybridized carbons (Fsp3) is 0.769. The highest BCUT2D eigenvalue weighted by atomic mass is 16.2. The van der Waals surface area contributed by atoms with Gasteiger partial charge in [0.05, 0.1) is 6.54 Å². The molecule has 7 heteroatoms. The molecule has 20 heavy (non-hydrogen) atoms. The van der Waals surface area contributed by atoms with Crippen molar-refractivity contribution in [3.8, 4) is 0 Å². The number of hydrogen-bond acceptors (Lipinski definition) is 4. The van der Waals surface area contributed by atoms with Crippen LogP contribution in [0.3, 0.4) is 0 Å². The lowest BCUT2D eigenvalue weighted by Gasteiger charge is -2.35. The molecule has 0 aromatic heterocycles. The maximum atomic E-state index is 11.8. The third-order valence-corrected chi connectivity index (χ3v) is 3.14. The van der Waals surface area contributed by atoms with Crippen LogP contribution in [0, 0.1) is 5.92 Å². The highest BCUT2D eigenvalue weighted by Crippen LogP contribution is 2.06. The van der Waals surface area contributed by atoms with Crippen molar-refractivity contribution >= 4 is 17.8 Å². The zero-order valence-corrected chi connectivity index (χ0v) is 12.4. The molecule has 114 valence electrons. The van der Waals surface area contributed by atoms with E-state index in [1.807, 2.05) is 23.6 Å². The van der Waals surface area contributed by atoms with Crippen LogP contribution in [-0.2, 0) is 9.59 Å². The summed E-state index contributed by atoms with van der Waals surface area (Å²) in [6, 6.07) is -0.467. The van der Waals surface area contributed by atoms with Crippen LogP contribution in [0.1, 0.15) is 20.8 Å². The van der Waals surface area contributed by atoms with Crippen LogP contribution >= 0.6 is 0 Å². The first kappa shape index (κ1) is 16.4. The fourth-order valence-corrected chi connectivity index (χ4v) is 2.07. The van der Waals surface area contributed by atoms with Gasteiger partial charge in [-0.1, -0.05) is 13.8 Å². The minimum atomic E-state index is -0.467. The summed E-state index contributed by atoms with van der Waals surface area (Å²) in [6.07, 6.45) is 0. The number of nitrogens with one attached hydrogen (secondary N) is 2. The first-order valence-electron chi connectivity index (χ1n) is 7.02. The monoisotopic (exact) mass is 284 g/mol. The summed E-state index contributed by atoms with van der Waals surface area (Å²) >= 11 is 0. The maximum absolute atomic E-state index is 11.8. The SMILES string of the molecule is CCNC(=O)NC(=O)CN1CCN(C(=O)C(C)C)CC1. The fourth-order valence-electron chi connectivity index (χ4n) is 2.07. The summed E-state index contributed by atoms with van der Waals surface area (Å²) in [5.74, 6) is -0.168. The molecule has 1 saturated heterocycles. The van der Waals surface area contributed by atoms with Crippen molar-refractivity contribution < 1.29 is 14.4 Å². The predicted molar refractivity (Wildman–Crippen MR) is 75.1 cm³/mol. The number of amides is 4. The van der Waals surface area contributed by atoms with Crippen LogP contribution in [0.4, 0.5) is 4.79 Å². The quantitative estimate of drug-likeness (QED) is 0.738. The Bertz CT molecular complexity index is 363. The summed E-state index contributed by atoms with van der Waals surface area (Å²) < 4.78 is 0. The van der Waals surface area contributed by atoms with E-state index in [1.165, 1.54) is 0 Å². The zero-order chi connectivity index (χ0) is 15.1. The number of nitrogens with zero attached hydrogens (tertiary/aromatic N) is 2. The van der Waals surface area contributed by atoms with Crippen molar-refractivity contribution in [2.24, 2.45) is 5.92 Å². The number of imide groups is 1. The number of rotatable bonds is 4. The van der Waals surface area contributed by atoms with Gasteiger partial charge in [0.15, 0.2) is 0 Å². The zero-order valence-electron chi connectivity index (χ0n) is 12.4. The van der Waals surface area contributed by atoms with Gasteiger partial charge in [0, 0.05) is 38.6 Å². The average Bonchev–Trinajstić information content (AvgIpc) is 2.38. The molecule has 1 aliphatic rings. The Morgan fingerprint density at radius 1 is 1.10 bits per heavy atom. The molecule has 0 radical (unpaired) electrons. The van der Waals surface area contributed by atoms with Crippen LogP contribution in [-0.4, -0.2) is 66.9 Å². The molecule has 0 saturated carbocycles. The lowest BCUT2D eigenvalue weighted by molar-refractivity contribution is -0.136. The van der Waals surface area contributed by atoms with E-state index < -0.39 is 6.03 Å². The van der Waals surface area contributed by atoms with Crippen molar-refractivity contribution in [1.82, 2.24) is 20.4 Å². The van der Waals surface area contributed by atoms with Crippen molar-refractivity contribution in [2.75, 3.05) is 39.3 Å². The second-order valence-corrected chi connectivity index (χ2v) is 5.16. The van der Waals surface area contributed by atoms with Gasteiger partial charge in [-0.25, -0.2) is 4.79 Å². The first-order chi connectivity index (χ1) is 9.43. The smallest absolute Gasteiger partial charge is 0.321 e. The number of hydrogen-bond donors (Lipinski definition) is 2. The van der Waals surface area contributed by atoms with E-state index >= 15 is 0 Å². The minimum absolute atomic E-state index is 0.00240. The van der Waals surface area contributed by atoms with Gasteiger partial charge in [-0.3, -0.25) is 19.8 Å². The molecule has 4 amide bonds. The highest BCUT2D eigenvalue weighted by Gasteiger charge is 2.24. The van der Waals surface area contributed by atoms with Gasteiger partial charge in [0.1, 0.15) is 0 Å². The average molecular weight is 284 g/mol. The summed E-state index contributed by atoms with van der Waals surface area (Å²) in [7, 11) is 0. The topological polar surface area (TPSA) is 81.8 Å². The Labute approximate surface area is 119 Å². The second-order valence-electron chi connectivity index (χ2n) is 5.16. The summed E-state index contributed by atoms with van der Waals surface area (Å²) in [5, 5.41) is 4.77. The van der Waals surface area contributed by atoms with E-state index in [2.05, 4.69) is 10.6 Å².